The third-order valence-corrected chi connectivity index (χ3v) is 4.42. The first-order chi connectivity index (χ1) is 10.1. The standard InChI is InChI=1S/C15H11ClN2O2S/c16-10-8-21-13-6-11(18-14(10)13)15(20)17-7-12(19)9-4-2-1-3-5-9/h1-6,8,18H,7H2,(H,17,20). The number of aromatic amines is 1. The highest BCUT2D eigenvalue weighted by molar-refractivity contribution is 7.17. The minimum Gasteiger partial charge on any atom is -0.349 e. The van der Waals surface area contributed by atoms with Crippen LogP contribution < -0.4 is 5.32 Å². The molecule has 0 spiro atoms. The summed E-state index contributed by atoms with van der Waals surface area (Å²) in [5.74, 6) is -0.450. The van der Waals surface area contributed by atoms with Gasteiger partial charge in [0.25, 0.3) is 5.91 Å². The SMILES string of the molecule is O=C(CNC(=O)c1cc2scc(Cl)c2[nH]1)c1ccccc1. The molecule has 1 aromatic carbocycles. The lowest BCUT2D eigenvalue weighted by Crippen LogP contribution is -2.29. The smallest absolute Gasteiger partial charge is 0.268 e. The van der Waals surface area contributed by atoms with Crippen molar-refractivity contribution in [3.05, 3.63) is 58.1 Å². The van der Waals surface area contributed by atoms with Gasteiger partial charge in [0.2, 0.25) is 0 Å². The van der Waals surface area contributed by atoms with Crippen molar-refractivity contribution in [2.24, 2.45) is 0 Å². The molecular weight excluding hydrogens is 308 g/mol. The summed E-state index contributed by atoms with van der Waals surface area (Å²) in [4.78, 5) is 26.9. The predicted octanol–water partition coefficient (Wildman–Crippen LogP) is 3.50. The molecule has 106 valence electrons. The summed E-state index contributed by atoms with van der Waals surface area (Å²) >= 11 is 7.45. The monoisotopic (exact) mass is 318 g/mol. The zero-order valence-corrected chi connectivity index (χ0v) is 12.4. The van der Waals surface area contributed by atoms with E-state index in [0.717, 1.165) is 10.2 Å². The summed E-state index contributed by atoms with van der Waals surface area (Å²) in [7, 11) is 0. The Labute approximate surface area is 129 Å². The van der Waals surface area contributed by atoms with Crippen molar-refractivity contribution >= 4 is 44.8 Å². The number of halogens is 1. The average Bonchev–Trinajstić information content (AvgIpc) is 3.08. The van der Waals surface area contributed by atoms with E-state index in [2.05, 4.69) is 10.3 Å². The van der Waals surface area contributed by atoms with Gasteiger partial charge < -0.3 is 10.3 Å². The van der Waals surface area contributed by atoms with E-state index in [1.807, 2.05) is 11.4 Å². The van der Waals surface area contributed by atoms with Gasteiger partial charge in [-0.2, -0.15) is 0 Å². The Morgan fingerprint density at radius 1 is 1.24 bits per heavy atom. The summed E-state index contributed by atoms with van der Waals surface area (Å²) in [6, 6.07) is 10.6. The number of rotatable bonds is 4. The lowest BCUT2D eigenvalue weighted by molar-refractivity contribution is 0.0901. The second kappa shape index (κ2) is 5.71. The number of amides is 1. The lowest BCUT2D eigenvalue weighted by Gasteiger charge is -2.03. The van der Waals surface area contributed by atoms with Gasteiger partial charge in [-0.05, 0) is 6.07 Å². The number of fused-ring (bicyclic) bond motifs is 1. The van der Waals surface area contributed by atoms with Crippen LogP contribution in [0.2, 0.25) is 5.02 Å². The third-order valence-electron chi connectivity index (χ3n) is 3.06. The Morgan fingerprint density at radius 3 is 2.71 bits per heavy atom. The maximum Gasteiger partial charge on any atom is 0.268 e. The van der Waals surface area contributed by atoms with Crippen molar-refractivity contribution in [3.8, 4) is 0 Å². The summed E-state index contributed by atoms with van der Waals surface area (Å²) in [6.45, 7) is -0.0384. The summed E-state index contributed by atoms with van der Waals surface area (Å²) in [5.41, 5.74) is 1.73. The van der Waals surface area contributed by atoms with Crippen molar-refractivity contribution in [3.63, 3.8) is 0 Å². The van der Waals surface area contributed by atoms with Crippen LogP contribution in [-0.4, -0.2) is 23.2 Å². The van der Waals surface area contributed by atoms with Crippen LogP contribution in [0.1, 0.15) is 20.8 Å². The minimum atomic E-state index is -0.321. The van der Waals surface area contributed by atoms with E-state index in [1.54, 1.807) is 30.3 Å². The zero-order valence-electron chi connectivity index (χ0n) is 10.9. The molecule has 3 rings (SSSR count). The van der Waals surface area contributed by atoms with Crippen LogP contribution in [0.4, 0.5) is 0 Å². The normalized spacial score (nSPS) is 10.7. The second-order valence-electron chi connectivity index (χ2n) is 4.48. The van der Waals surface area contributed by atoms with Gasteiger partial charge in [0.15, 0.2) is 5.78 Å². The van der Waals surface area contributed by atoms with E-state index in [1.165, 1.54) is 11.3 Å². The highest BCUT2D eigenvalue weighted by atomic mass is 35.5. The summed E-state index contributed by atoms with van der Waals surface area (Å²) in [6.07, 6.45) is 0. The van der Waals surface area contributed by atoms with Gasteiger partial charge in [-0.25, -0.2) is 0 Å². The molecule has 3 aromatic rings. The molecule has 0 aliphatic carbocycles. The van der Waals surface area contributed by atoms with Crippen LogP contribution in [0.25, 0.3) is 10.2 Å². The number of hydrogen-bond acceptors (Lipinski definition) is 3. The Bertz CT molecular complexity index is 808. The molecular formula is C15H11ClN2O2S. The molecule has 0 saturated heterocycles. The molecule has 21 heavy (non-hydrogen) atoms. The van der Waals surface area contributed by atoms with Crippen LogP contribution in [0.5, 0.6) is 0 Å². The number of H-pyrrole nitrogens is 1. The molecule has 0 bridgehead atoms. The number of Topliss-reactive ketones (excluding diaryl/α,β-unsaturated/α-hetero) is 1. The number of thiophene rings is 1. The maximum absolute atomic E-state index is 12.0. The molecule has 0 radical (unpaired) electrons. The molecule has 6 heteroatoms. The molecule has 0 aliphatic rings. The lowest BCUT2D eigenvalue weighted by atomic mass is 10.1. The second-order valence-corrected chi connectivity index (χ2v) is 5.80. The van der Waals surface area contributed by atoms with Gasteiger partial charge in [0.1, 0.15) is 5.69 Å². The maximum atomic E-state index is 12.0. The first-order valence-corrected chi connectivity index (χ1v) is 7.53. The van der Waals surface area contributed by atoms with E-state index in [0.29, 0.717) is 16.3 Å². The fourth-order valence-electron chi connectivity index (χ4n) is 1.98. The van der Waals surface area contributed by atoms with E-state index < -0.39 is 0 Å². The minimum absolute atomic E-state index is 0.0384. The van der Waals surface area contributed by atoms with Gasteiger partial charge in [0, 0.05) is 10.9 Å². The van der Waals surface area contributed by atoms with Gasteiger partial charge in [-0.3, -0.25) is 9.59 Å². The van der Waals surface area contributed by atoms with Crippen molar-refractivity contribution in [2.75, 3.05) is 6.54 Å². The predicted molar refractivity (Wildman–Crippen MR) is 84.3 cm³/mol. The van der Waals surface area contributed by atoms with E-state index in [9.17, 15) is 9.59 Å². The van der Waals surface area contributed by atoms with Gasteiger partial charge >= 0.3 is 0 Å². The Kier molecular flexibility index (Phi) is 3.77. The number of aromatic nitrogens is 1. The molecule has 4 nitrogen and oxygen atoms in total. The Hall–Kier alpha value is -2.11. The molecule has 1 amide bonds. The zero-order chi connectivity index (χ0) is 14.8. The molecule has 0 unspecified atom stereocenters. The molecule has 0 fully saturated rings. The Morgan fingerprint density at radius 2 is 2.00 bits per heavy atom. The molecule has 0 saturated carbocycles. The number of carbonyl (C=O) groups excluding carboxylic acids is 2. The van der Waals surface area contributed by atoms with Gasteiger partial charge in [-0.15, -0.1) is 11.3 Å². The summed E-state index contributed by atoms with van der Waals surface area (Å²) < 4.78 is 0.916. The first kappa shape index (κ1) is 13.9. The van der Waals surface area contributed by atoms with Crippen molar-refractivity contribution in [1.82, 2.24) is 10.3 Å². The van der Waals surface area contributed by atoms with E-state index in [4.69, 9.17) is 11.6 Å². The Balaban J connectivity index is 1.67. The number of nitrogens with one attached hydrogen (secondary N) is 2. The van der Waals surface area contributed by atoms with E-state index in [-0.39, 0.29) is 18.2 Å². The molecule has 2 N–H and O–H groups in total. The number of hydrogen-bond donors (Lipinski definition) is 2. The third kappa shape index (κ3) is 2.84. The number of benzene rings is 1. The van der Waals surface area contributed by atoms with Crippen LogP contribution in [0.15, 0.2) is 41.8 Å². The highest BCUT2D eigenvalue weighted by Gasteiger charge is 2.14. The largest absolute Gasteiger partial charge is 0.349 e. The van der Waals surface area contributed by atoms with Gasteiger partial charge in [-0.1, -0.05) is 41.9 Å². The van der Waals surface area contributed by atoms with Crippen LogP contribution in [-0.2, 0) is 0 Å². The topological polar surface area (TPSA) is 62.0 Å². The molecule has 0 atom stereocenters. The summed E-state index contributed by atoms with van der Waals surface area (Å²) in [5, 5.41) is 5.01. The van der Waals surface area contributed by atoms with Crippen molar-refractivity contribution in [1.29, 1.82) is 0 Å². The average molecular weight is 319 g/mol. The first-order valence-electron chi connectivity index (χ1n) is 6.27. The fraction of sp³-hybridized carbons (Fsp3) is 0.0667. The fourth-order valence-corrected chi connectivity index (χ4v) is 3.14. The van der Waals surface area contributed by atoms with E-state index >= 15 is 0 Å². The van der Waals surface area contributed by atoms with Crippen molar-refractivity contribution in [2.45, 2.75) is 0 Å². The highest BCUT2D eigenvalue weighted by Crippen LogP contribution is 2.29. The number of ketones is 1. The van der Waals surface area contributed by atoms with Crippen LogP contribution in [0.3, 0.4) is 0 Å². The van der Waals surface area contributed by atoms with Crippen LogP contribution in [0, 0.1) is 0 Å². The molecule has 2 heterocycles. The quantitative estimate of drug-likeness (QED) is 0.723. The molecule has 0 aliphatic heterocycles. The van der Waals surface area contributed by atoms with Gasteiger partial charge in [0.05, 0.1) is 21.8 Å². The molecule has 2 aromatic heterocycles. The number of carbonyl (C=O) groups is 2. The van der Waals surface area contributed by atoms with Crippen molar-refractivity contribution < 1.29 is 9.59 Å². The van der Waals surface area contributed by atoms with Crippen LogP contribution >= 0.6 is 22.9 Å².